The molecule has 9 heteroatoms. The molecule has 0 atom stereocenters. The number of anilines is 1. The number of rotatable bonds is 6. The number of benzene rings is 1. The lowest BCUT2D eigenvalue weighted by Crippen LogP contribution is -2.41. The van der Waals surface area contributed by atoms with Crippen LogP contribution in [0.2, 0.25) is 0 Å². The Labute approximate surface area is 193 Å². The molecule has 0 unspecified atom stereocenters. The number of amides is 1. The molecule has 1 aromatic carbocycles. The summed E-state index contributed by atoms with van der Waals surface area (Å²) < 4.78 is 29.5. The smallest absolute Gasteiger partial charge is 0.243 e. The van der Waals surface area contributed by atoms with Crippen LogP contribution < -0.4 is 5.32 Å². The van der Waals surface area contributed by atoms with Gasteiger partial charge in [-0.3, -0.25) is 14.5 Å². The number of hydrogen-bond acceptors (Lipinski definition) is 5. The first kappa shape index (κ1) is 21.8. The van der Waals surface area contributed by atoms with Gasteiger partial charge in [-0.25, -0.2) is 8.42 Å². The second kappa shape index (κ2) is 9.07. The van der Waals surface area contributed by atoms with Crippen molar-refractivity contribution < 1.29 is 13.2 Å². The van der Waals surface area contributed by atoms with E-state index in [4.69, 9.17) is 0 Å². The number of fused-ring (bicyclic) bond motifs is 1. The molecule has 0 saturated carbocycles. The second-order valence-corrected chi connectivity index (χ2v) is 10.6. The summed E-state index contributed by atoms with van der Waals surface area (Å²) in [4.78, 5) is 17.2. The summed E-state index contributed by atoms with van der Waals surface area (Å²) in [5.41, 5.74) is 3.43. The first-order chi connectivity index (χ1) is 16.0. The monoisotopic (exact) mass is 465 g/mol. The summed E-state index contributed by atoms with van der Waals surface area (Å²) in [6.45, 7) is 1.25. The van der Waals surface area contributed by atoms with Gasteiger partial charge in [0.05, 0.1) is 11.4 Å². The standard InChI is InChI=1S/C24H27N5O3S/c30-24(26-23-10-12-28(27-23)17-18-3-2-11-25-16-18)20-8-13-29(14-9-20)33(31,32)22-7-6-19-4-1-5-21(19)15-22/h2-3,6-7,10-12,15-16,20H,1,4-5,8-9,13-14,17H2,(H,26,27,30). The molecular formula is C24H27N5O3S. The summed E-state index contributed by atoms with van der Waals surface area (Å²) >= 11 is 0. The van der Waals surface area contributed by atoms with Gasteiger partial charge in [-0.05, 0) is 67.0 Å². The first-order valence-electron chi connectivity index (χ1n) is 11.3. The van der Waals surface area contributed by atoms with E-state index >= 15 is 0 Å². The summed E-state index contributed by atoms with van der Waals surface area (Å²) in [7, 11) is -3.54. The van der Waals surface area contributed by atoms with Crippen LogP contribution in [0.15, 0.2) is 59.9 Å². The molecule has 0 spiro atoms. The number of pyridine rings is 1. The minimum Gasteiger partial charge on any atom is -0.309 e. The zero-order valence-corrected chi connectivity index (χ0v) is 19.2. The largest absolute Gasteiger partial charge is 0.309 e. The van der Waals surface area contributed by atoms with Crippen LogP contribution in [0, 0.1) is 5.92 Å². The minimum atomic E-state index is -3.54. The van der Waals surface area contributed by atoms with Gasteiger partial charge < -0.3 is 5.32 Å². The molecule has 0 radical (unpaired) electrons. The van der Waals surface area contributed by atoms with E-state index in [0.29, 0.717) is 43.2 Å². The number of aryl methyl sites for hydroxylation is 2. The Morgan fingerprint density at radius 1 is 1.09 bits per heavy atom. The third-order valence-electron chi connectivity index (χ3n) is 6.49. The highest BCUT2D eigenvalue weighted by atomic mass is 32.2. The van der Waals surface area contributed by atoms with E-state index in [1.165, 1.54) is 9.87 Å². The molecule has 3 heterocycles. The summed E-state index contributed by atoms with van der Waals surface area (Å²) in [6.07, 6.45) is 9.36. The van der Waals surface area contributed by atoms with Crippen molar-refractivity contribution in [3.63, 3.8) is 0 Å². The van der Waals surface area contributed by atoms with Gasteiger partial charge in [0.15, 0.2) is 5.82 Å². The number of carbonyl (C=O) groups excluding carboxylic acids is 1. The highest BCUT2D eigenvalue weighted by molar-refractivity contribution is 7.89. The van der Waals surface area contributed by atoms with Crippen molar-refractivity contribution in [2.75, 3.05) is 18.4 Å². The van der Waals surface area contributed by atoms with E-state index in [1.807, 2.05) is 30.5 Å². The minimum absolute atomic E-state index is 0.115. The predicted molar refractivity (Wildman–Crippen MR) is 124 cm³/mol. The summed E-state index contributed by atoms with van der Waals surface area (Å²) in [6, 6.07) is 11.1. The fourth-order valence-electron chi connectivity index (χ4n) is 4.64. The molecule has 1 saturated heterocycles. The SMILES string of the molecule is O=C(Nc1ccn(Cc2cccnc2)n1)C1CCN(S(=O)(=O)c2ccc3c(c2)CCC3)CC1. The van der Waals surface area contributed by atoms with Crippen LogP contribution >= 0.6 is 0 Å². The molecule has 2 aliphatic rings. The fraction of sp³-hybridized carbons (Fsp3) is 0.375. The Hall–Kier alpha value is -3.04. The van der Waals surface area contributed by atoms with Gasteiger partial charge in [-0.15, -0.1) is 0 Å². The number of piperidine rings is 1. The number of carbonyl (C=O) groups is 1. The molecular weight excluding hydrogens is 438 g/mol. The maximum Gasteiger partial charge on any atom is 0.243 e. The molecule has 5 rings (SSSR count). The maximum atomic E-state index is 13.1. The van der Waals surface area contributed by atoms with E-state index in [0.717, 1.165) is 30.4 Å². The van der Waals surface area contributed by atoms with Gasteiger partial charge in [0.2, 0.25) is 15.9 Å². The number of nitrogens with zero attached hydrogens (tertiary/aromatic N) is 4. The van der Waals surface area contributed by atoms with Gasteiger partial charge in [0, 0.05) is 43.7 Å². The highest BCUT2D eigenvalue weighted by Crippen LogP contribution is 2.29. The average Bonchev–Trinajstić information content (AvgIpc) is 3.48. The Balaban J connectivity index is 1.17. The van der Waals surface area contributed by atoms with Crippen molar-refractivity contribution in [2.24, 2.45) is 5.92 Å². The van der Waals surface area contributed by atoms with E-state index in [2.05, 4.69) is 15.4 Å². The van der Waals surface area contributed by atoms with Crippen molar-refractivity contribution in [3.8, 4) is 0 Å². The fourth-order valence-corrected chi connectivity index (χ4v) is 6.16. The molecule has 0 bridgehead atoms. The lowest BCUT2D eigenvalue weighted by molar-refractivity contribution is -0.120. The zero-order chi connectivity index (χ0) is 22.8. The molecule has 8 nitrogen and oxygen atoms in total. The van der Waals surface area contributed by atoms with Crippen molar-refractivity contribution in [1.82, 2.24) is 19.1 Å². The van der Waals surface area contributed by atoms with Crippen LogP contribution in [0.4, 0.5) is 5.82 Å². The highest BCUT2D eigenvalue weighted by Gasteiger charge is 2.32. The lowest BCUT2D eigenvalue weighted by atomic mass is 9.97. The zero-order valence-electron chi connectivity index (χ0n) is 18.4. The van der Waals surface area contributed by atoms with Crippen LogP contribution in [0.25, 0.3) is 0 Å². The predicted octanol–water partition coefficient (Wildman–Crippen LogP) is 2.85. The number of aromatic nitrogens is 3. The molecule has 172 valence electrons. The molecule has 1 aliphatic heterocycles. The van der Waals surface area contributed by atoms with Crippen LogP contribution in [0.3, 0.4) is 0 Å². The van der Waals surface area contributed by atoms with E-state index in [1.54, 1.807) is 29.2 Å². The number of nitrogens with one attached hydrogen (secondary N) is 1. The van der Waals surface area contributed by atoms with Gasteiger partial charge in [-0.2, -0.15) is 9.40 Å². The third kappa shape index (κ3) is 4.69. The lowest BCUT2D eigenvalue weighted by Gasteiger charge is -2.30. The normalized spacial score (nSPS) is 17.1. The van der Waals surface area contributed by atoms with Crippen molar-refractivity contribution in [3.05, 3.63) is 71.7 Å². The molecule has 3 aromatic rings. The number of hydrogen-bond donors (Lipinski definition) is 1. The van der Waals surface area contributed by atoms with Crippen molar-refractivity contribution in [2.45, 2.75) is 43.5 Å². The van der Waals surface area contributed by atoms with E-state index in [9.17, 15) is 13.2 Å². The summed E-state index contributed by atoms with van der Waals surface area (Å²) in [5.74, 6) is 0.147. The molecule has 33 heavy (non-hydrogen) atoms. The van der Waals surface area contributed by atoms with Crippen molar-refractivity contribution in [1.29, 1.82) is 0 Å². The first-order valence-corrected chi connectivity index (χ1v) is 12.8. The topological polar surface area (TPSA) is 97.2 Å². The average molecular weight is 466 g/mol. The summed E-state index contributed by atoms with van der Waals surface area (Å²) in [5, 5.41) is 7.29. The van der Waals surface area contributed by atoms with Crippen LogP contribution in [0.5, 0.6) is 0 Å². The quantitative estimate of drug-likeness (QED) is 0.604. The van der Waals surface area contributed by atoms with Crippen LogP contribution in [0.1, 0.15) is 36.0 Å². The molecule has 1 aliphatic carbocycles. The Morgan fingerprint density at radius 3 is 2.70 bits per heavy atom. The van der Waals surface area contributed by atoms with Crippen LogP contribution in [-0.2, 0) is 34.2 Å². The maximum absolute atomic E-state index is 13.1. The van der Waals surface area contributed by atoms with Crippen molar-refractivity contribution >= 4 is 21.7 Å². The third-order valence-corrected chi connectivity index (χ3v) is 8.39. The van der Waals surface area contributed by atoms with Gasteiger partial charge in [0.25, 0.3) is 0 Å². The number of sulfonamides is 1. The molecule has 1 fully saturated rings. The molecule has 1 amide bonds. The van der Waals surface area contributed by atoms with Gasteiger partial charge in [0.1, 0.15) is 0 Å². The van der Waals surface area contributed by atoms with Crippen LogP contribution in [-0.4, -0.2) is 46.5 Å². The Morgan fingerprint density at radius 2 is 1.91 bits per heavy atom. The van der Waals surface area contributed by atoms with E-state index in [-0.39, 0.29) is 11.8 Å². The molecule has 1 N–H and O–H groups in total. The Kier molecular flexibility index (Phi) is 5.99. The Bertz CT molecular complexity index is 1250. The second-order valence-electron chi connectivity index (χ2n) is 8.71. The van der Waals surface area contributed by atoms with E-state index < -0.39 is 10.0 Å². The van der Waals surface area contributed by atoms with Gasteiger partial charge in [-0.1, -0.05) is 12.1 Å². The molecule has 2 aromatic heterocycles. The van der Waals surface area contributed by atoms with Gasteiger partial charge >= 0.3 is 0 Å².